The van der Waals surface area contributed by atoms with E-state index in [1.54, 1.807) is 11.8 Å². The van der Waals surface area contributed by atoms with E-state index in [0.717, 1.165) is 12.2 Å². The molecule has 0 aromatic rings. The molecule has 0 aromatic heterocycles. The van der Waals surface area contributed by atoms with Gasteiger partial charge in [-0.1, -0.05) is 34.1 Å². The molecule has 1 fully saturated rings. The molecule has 0 aromatic carbocycles. The van der Waals surface area contributed by atoms with Gasteiger partial charge in [-0.15, -0.1) is 0 Å². The summed E-state index contributed by atoms with van der Waals surface area (Å²) in [5, 5.41) is 3.55. The predicted molar refractivity (Wildman–Crippen MR) is 79.7 cm³/mol. The van der Waals surface area contributed by atoms with Crippen LogP contribution in [0.5, 0.6) is 0 Å². The van der Waals surface area contributed by atoms with Crippen molar-refractivity contribution >= 4 is 17.7 Å². The van der Waals surface area contributed by atoms with Gasteiger partial charge in [0.1, 0.15) is 0 Å². The number of thioether (sulfide) groups is 1. The average Bonchev–Trinajstić information content (AvgIpc) is 2.66. The Bertz CT molecular complexity index is 283. The van der Waals surface area contributed by atoms with Crippen LogP contribution in [0.4, 0.5) is 0 Å². The molecule has 1 amide bonds. The van der Waals surface area contributed by atoms with E-state index < -0.39 is 0 Å². The number of rotatable bonds is 6. The van der Waals surface area contributed by atoms with Gasteiger partial charge in [0.25, 0.3) is 0 Å². The van der Waals surface area contributed by atoms with Crippen molar-refractivity contribution in [3.63, 3.8) is 0 Å². The summed E-state index contributed by atoms with van der Waals surface area (Å²) in [4.78, 5) is 14.7. The molecule has 1 aliphatic heterocycles. The third-order valence-electron chi connectivity index (χ3n) is 3.90. The van der Waals surface area contributed by atoms with Gasteiger partial charge in [0.15, 0.2) is 0 Å². The molecule has 0 saturated carbocycles. The Morgan fingerprint density at radius 3 is 2.39 bits per heavy atom. The quantitative estimate of drug-likeness (QED) is 0.806. The van der Waals surface area contributed by atoms with Gasteiger partial charge in [-0.05, 0) is 25.0 Å². The minimum Gasteiger partial charge on any atom is -0.322 e. The standard InChI is InChI=1S/C14H28N2OS/c1-7-10(4)12-14(17)16(11(5)8-18-6)13(15-12)9(2)3/h9-13,15H,7-8H2,1-6H3. The van der Waals surface area contributed by atoms with Crippen LogP contribution < -0.4 is 5.32 Å². The molecule has 0 aliphatic carbocycles. The van der Waals surface area contributed by atoms with Gasteiger partial charge in [0.05, 0.1) is 12.2 Å². The van der Waals surface area contributed by atoms with Crippen LogP contribution in [0.3, 0.4) is 0 Å². The van der Waals surface area contributed by atoms with E-state index in [2.05, 4.69) is 51.1 Å². The summed E-state index contributed by atoms with van der Waals surface area (Å²) in [6.07, 6.45) is 3.33. The van der Waals surface area contributed by atoms with Gasteiger partial charge >= 0.3 is 0 Å². The number of hydrogen-bond acceptors (Lipinski definition) is 3. The summed E-state index contributed by atoms with van der Waals surface area (Å²) in [6.45, 7) is 10.8. The zero-order valence-corrected chi connectivity index (χ0v) is 13.4. The molecular formula is C14H28N2OS. The van der Waals surface area contributed by atoms with Crippen molar-refractivity contribution in [1.29, 1.82) is 0 Å². The zero-order chi connectivity index (χ0) is 13.9. The van der Waals surface area contributed by atoms with Crippen LogP contribution in [0.1, 0.15) is 41.0 Å². The Kier molecular flexibility index (Phi) is 5.99. The Labute approximate surface area is 116 Å². The van der Waals surface area contributed by atoms with Gasteiger partial charge in [0.2, 0.25) is 5.91 Å². The third-order valence-corrected chi connectivity index (χ3v) is 4.71. The second-order valence-electron chi connectivity index (χ2n) is 5.77. The Morgan fingerprint density at radius 2 is 1.94 bits per heavy atom. The smallest absolute Gasteiger partial charge is 0.241 e. The summed E-state index contributed by atoms with van der Waals surface area (Å²) in [5.74, 6) is 2.16. The van der Waals surface area contributed by atoms with Gasteiger partial charge < -0.3 is 4.90 Å². The van der Waals surface area contributed by atoms with Crippen molar-refractivity contribution in [1.82, 2.24) is 10.2 Å². The highest BCUT2D eigenvalue weighted by molar-refractivity contribution is 7.98. The third kappa shape index (κ3) is 3.21. The van der Waals surface area contributed by atoms with Gasteiger partial charge in [0, 0.05) is 11.8 Å². The zero-order valence-electron chi connectivity index (χ0n) is 12.6. The lowest BCUT2D eigenvalue weighted by molar-refractivity contribution is -0.132. The molecule has 0 radical (unpaired) electrons. The number of amides is 1. The largest absolute Gasteiger partial charge is 0.322 e. The molecule has 1 N–H and O–H groups in total. The monoisotopic (exact) mass is 272 g/mol. The SMILES string of the molecule is CCC(C)C1NC(C(C)C)N(C(C)CSC)C1=O. The number of carbonyl (C=O) groups is 1. The molecular weight excluding hydrogens is 244 g/mol. The maximum atomic E-state index is 12.6. The highest BCUT2D eigenvalue weighted by Crippen LogP contribution is 2.26. The molecule has 1 rings (SSSR count). The van der Waals surface area contributed by atoms with E-state index in [-0.39, 0.29) is 12.2 Å². The van der Waals surface area contributed by atoms with Crippen LogP contribution in [-0.2, 0) is 4.79 Å². The lowest BCUT2D eigenvalue weighted by atomic mass is 9.99. The molecule has 1 heterocycles. The van der Waals surface area contributed by atoms with Crippen molar-refractivity contribution in [2.24, 2.45) is 11.8 Å². The normalized spacial score (nSPS) is 27.9. The fourth-order valence-corrected chi connectivity index (χ4v) is 3.25. The summed E-state index contributed by atoms with van der Waals surface area (Å²) < 4.78 is 0. The first-order valence-corrected chi connectivity index (χ1v) is 8.40. The van der Waals surface area contributed by atoms with Crippen LogP contribution in [-0.4, -0.2) is 41.1 Å². The molecule has 0 spiro atoms. The van der Waals surface area contributed by atoms with E-state index >= 15 is 0 Å². The second-order valence-corrected chi connectivity index (χ2v) is 6.68. The number of carbonyl (C=O) groups excluding carboxylic acids is 1. The first-order chi connectivity index (χ1) is 8.43. The van der Waals surface area contributed by atoms with Gasteiger partial charge in [-0.2, -0.15) is 11.8 Å². The summed E-state index contributed by atoms with van der Waals surface area (Å²) in [5.41, 5.74) is 0. The molecule has 4 heteroatoms. The fraction of sp³-hybridized carbons (Fsp3) is 0.929. The van der Waals surface area contributed by atoms with Crippen LogP contribution in [0.15, 0.2) is 0 Å². The van der Waals surface area contributed by atoms with Crippen molar-refractivity contribution < 1.29 is 4.79 Å². The molecule has 4 unspecified atom stereocenters. The Hall–Kier alpha value is -0.220. The Balaban J connectivity index is 2.87. The second kappa shape index (κ2) is 6.80. The molecule has 18 heavy (non-hydrogen) atoms. The van der Waals surface area contributed by atoms with E-state index in [1.807, 2.05) is 0 Å². The van der Waals surface area contributed by atoms with Crippen molar-refractivity contribution in [3.8, 4) is 0 Å². The summed E-state index contributed by atoms with van der Waals surface area (Å²) in [6, 6.07) is 0.313. The fourth-order valence-electron chi connectivity index (χ4n) is 2.60. The van der Waals surface area contributed by atoms with Crippen LogP contribution in [0.2, 0.25) is 0 Å². The van der Waals surface area contributed by atoms with Crippen LogP contribution in [0.25, 0.3) is 0 Å². The van der Waals surface area contributed by atoms with E-state index in [1.165, 1.54) is 0 Å². The molecule has 4 atom stereocenters. The Morgan fingerprint density at radius 1 is 1.33 bits per heavy atom. The number of nitrogens with one attached hydrogen (secondary N) is 1. The van der Waals surface area contributed by atoms with E-state index in [0.29, 0.717) is 23.8 Å². The lowest BCUT2D eigenvalue weighted by Gasteiger charge is -2.32. The minimum atomic E-state index is 0.00621. The maximum absolute atomic E-state index is 12.6. The first kappa shape index (κ1) is 15.8. The van der Waals surface area contributed by atoms with Crippen molar-refractivity contribution in [3.05, 3.63) is 0 Å². The van der Waals surface area contributed by atoms with Crippen LogP contribution in [0, 0.1) is 11.8 Å². The lowest BCUT2D eigenvalue weighted by Crippen LogP contribution is -2.47. The number of hydrogen-bond donors (Lipinski definition) is 1. The molecule has 1 saturated heterocycles. The highest BCUT2D eigenvalue weighted by Gasteiger charge is 2.43. The number of nitrogens with zero attached hydrogens (tertiary/aromatic N) is 1. The van der Waals surface area contributed by atoms with Crippen molar-refractivity contribution in [2.75, 3.05) is 12.0 Å². The van der Waals surface area contributed by atoms with Crippen LogP contribution >= 0.6 is 11.8 Å². The maximum Gasteiger partial charge on any atom is 0.241 e. The topological polar surface area (TPSA) is 32.3 Å². The highest BCUT2D eigenvalue weighted by atomic mass is 32.2. The summed E-state index contributed by atoms with van der Waals surface area (Å²) in [7, 11) is 0. The molecule has 106 valence electrons. The molecule has 3 nitrogen and oxygen atoms in total. The van der Waals surface area contributed by atoms with E-state index in [9.17, 15) is 4.79 Å². The van der Waals surface area contributed by atoms with Gasteiger partial charge in [-0.25, -0.2) is 0 Å². The minimum absolute atomic E-state index is 0.00621. The average molecular weight is 272 g/mol. The first-order valence-electron chi connectivity index (χ1n) is 7.01. The molecule has 0 bridgehead atoms. The van der Waals surface area contributed by atoms with Crippen molar-refractivity contribution in [2.45, 2.75) is 59.3 Å². The predicted octanol–water partition coefficient (Wildman–Crippen LogP) is 2.57. The molecule has 1 aliphatic rings. The summed E-state index contributed by atoms with van der Waals surface area (Å²) >= 11 is 1.81. The van der Waals surface area contributed by atoms with Gasteiger partial charge in [-0.3, -0.25) is 10.1 Å². The van der Waals surface area contributed by atoms with E-state index in [4.69, 9.17) is 0 Å².